The Morgan fingerprint density at radius 3 is 2.91 bits per heavy atom. The zero-order chi connectivity index (χ0) is 15.8. The molecular formula is C15H16ClN5OS. The molecule has 0 radical (unpaired) electrons. The second-order valence-corrected chi connectivity index (χ2v) is 7.34. The van der Waals surface area contributed by atoms with Gasteiger partial charge >= 0.3 is 5.69 Å². The van der Waals surface area contributed by atoms with Crippen LogP contribution in [0.3, 0.4) is 0 Å². The van der Waals surface area contributed by atoms with E-state index in [1.165, 1.54) is 9.71 Å². The Labute approximate surface area is 141 Å². The lowest BCUT2D eigenvalue weighted by atomic mass is 9.97. The van der Waals surface area contributed by atoms with E-state index in [1.54, 1.807) is 11.3 Å². The van der Waals surface area contributed by atoms with E-state index in [9.17, 15) is 4.79 Å². The number of rotatable bonds is 3. The average molecular weight is 350 g/mol. The number of thiazole rings is 1. The van der Waals surface area contributed by atoms with E-state index in [1.807, 2.05) is 18.2 Å². The van der Waals surface area contributed by atoms with Crippen LogP contribution in [0.5, 0.6) is 0 Å². The van der Waals surface area contributed by atoms with E-state index in [0.717, 1.165) is 36.5 Å². The van der Waals surface area contributed by atoms with Crippen LogP contribution in [0.15, 0.2) is 23.0 Å². The van der Waals surface area contributed by atoms with E-state index in [2.05, 4.69) is 20.1 Å². The van der Waals surface area contributed by atoms with E-state index < -0.39 is 0 Å². The first-order valence-corrected chi connectivity index (χ1v) is 8.79. The molecule has 0 atom stereocenters. The van der Waals surface area contributed by atoms with E-state index >= 15 is 0 Å². The van der Waals surface area contributed by atoms with Crippen molar-refractivity contribution < 1.29 is 0 Å². The first kappa shape index (κ1) is 14.9. The van der Waals surface area contributed by atoms with Crippen LogP contribution in [0.1, 0.15) is 29.6 Å². The Morgan fingerprint density at radius 1 is 1.35 bits per heavy atom. The summed E-state index contributed by atoms with van der Waals surface area (Å²) in [5.74, 6) is 1.20. The maximum Gasteiger partial charge on any atom is 0.340 e. The molecule has 120 valence electrons. The van der Waals surface area contributed by atoms with Gasteiger partial charge in [-0.2, -0.15) is 5.10 Å². The third-order valence-electron chi connectivity index (χ3n) is 4.23. The Hall–Kier alpha value is -1.70. The standard InChI is InChI=1S/C15H16ClN5OS/c16-10-1-2-12-11(7-10)17-14(23-12)9-3-5-21(6-4-9)8-13-18-15(22)20-19-13/h1-2,7,9H,3-6,8H2,(H2,18,19,20,22). The number of likely N-dealkylation sites (tertiary alicyclic amines) is 1. The highest BCUT2D eigenvalue weighted by Gasteiger charge is 2.23. The number of piperidine rings is 1. The summed E-state index contributed by atoms with van der Waals surface area (Å²) in [6, 6.07) is 5.89. The fourth-order valence-electron chi connectivity index (χ4n) is 3.02. The Balaban J connectivity index is 1.42. The molecule has 1 aliphatic heterocycles. The van der Waals surface area contributed by atoms with Gasteiger partial charge < -0.3 is 0 Å². The van der Waals surface area contributed by atoms with Crippen molar-refractivity contribution in [2.75, 3.05) is 13.1 Å². The maximum atomic E-state index is 11.1. The molecule has 8 heteroatoms. The van der Waals surface area contributed by atoms with Crippen molar-refractivity contribution >= 4 is 33.2 Å². The number of H-pyrrole nitrogens is 2. The highest BCUT2D eigenvalue weighted by molar-refractivity contribution is 7.18. The fourth-order valence-corrected chi connectivity index (χ4v) is 4.31. The second kappa shape index (κ2) is 6.07. The highest BCUT2D eigenvalue weighted by atomic mass is 35.5. The third kappa shape index (κ3) is 3.17. The predicted octanol–water partition coefficient (Wildman–Crippen LogP) is 2.74. The zero-order valence-corrected chi connectivity index (χ0v) is 14.0. The number of nitrogens with zero attached hydrogens (tertiary/aromatic N) is 3. The van der Waals surface area contributed by atoms with Crippen LogP contribution in [-0.2, 0) is 6.54 Å². The van der Waals surface area contributed by atoms with Gasteiger partial charge in [0, 0.05) is 10.9 Å². The van der Waals surface area contributed by atoms with Gasteiger partial charge in [-0.15, -0.1) is 11.3 Å². The molecular weight excluding hydrogens is 334 g/mol. The molecule has 3 aromatic rings. The first-order valence-electron chi connectivity index (χ1n) is 7.59. The number of aromatic amines is 2. The quantitative estimate of drug-likeness (QED) is 0.762. The molecule has 0 saturated carbocycles. The van der Waals surface area contributed by atoms with Crippen LogP contribution >= 0.6 is 22.9 Å². The minimum absolute atomic E-state index is 0.247. The number of halogens is 1. The first-order chi connectivity index (χ1) is 11.2. The summed E-state index contributed by atoms with van der Waals surface area (Å²) >= 11 is 7.80. The fraction of sp³-hybridized carbons (Fsp3) is 0.400. The van der Waals surface area contributed by atoms with Crippen molar-refractivity contribution in [3.63, 3.8) is 0 Å². The molecule has 2 aromatic heterocycles. The number of aromatic nitrogens is 4. The number of fused-ring (bicyclic) bond motifs is 1. The summed E-state index contributed by atoms with van der Waals surface area (Å²) in [4.78, 5) is 20.8. The molecule has 1 fully saturated rings. The largest absolute Gasteiger partial charge is 0.340 e. The monoisotopic (exact) mass is 349 g/mol. The molecule has 4 rings (SSSR count). The lowest BCUT2D eigenvalue weighted by Gasteiger charge is -2.30. The van der Waals surface area contributed by atoms with Gasteiger partial charge in [0.15, 0.2) is 0 Å². The smallest absolute Gasteiger partial charge is 0.296 e. The Morgan fingerprint density at radius 2 is 2.17 bits per heavy atom. The minimum atomic E-state index is -0.247. The van der Waals surface area contributed by atoms with Crippen LogP contribution in [0, 0.1) is 0 Å². The molecule has 6 nitrogen and oxygen atoms in total. The number of nitrogens with one attached hydrogen (secondary N) is 2. The Kier molecular flexibility index (Phi) is 3.92. The van der Waals surface area contributed by atoms with E-state index in [0.29, 0.717) is 18.3 Å². The van der Waals surface area contributed by atoms with Gasteiger partial charge in [0.1, 0.15) is 5.82 Å². The van der Waals surface area contributed by atoms with Gasteiger partial charge in [-0.3, -0.25) is 9.88 Å². The number of benzene rings is 1. The van der Waals surface area contributed by atoms with Crippen molar-refractivity contribution in [1.82, 2.24) is 25.1 Å². The number of hydrogen-bond acceptors (Lipinski definition) is 5. The molecule has 1 aliphatic rings. The van der Waals surface area contributed by atoms with Crippen molar-refractivity contribution in [3.8, 4) is 0 Å². The van der Waals surface area contributed by atoms with Crippen molar-refractivity contribution in [2.45, 2.75) is 25.3 Å². The van der Waals surface area contributed by atoms with Crippen LogP contribution < -0.4 is 5.69 Å². The SMILES string of the molecule is O=c1[nH]nc(CN2CCC(c3nc4cc(Cl)ccc4s3)CC2)[nH]1. The zero-order valence-electron chi connectivity index (χ0n) is 12.4. The minimum Gasteiger partial charge on any atom is -0.296 e. The molecule has 3 heterocycles. The van der Waals surface area contributed by atoms with E-state index in [4.69, 9.17) is 16.6 Å². The molecule has 0 bridgehead atoms. The van der Waals surface area contributed by atoms with Crippen LogP contribution in [0.25, 0.3) is 10.2 Å². The topological polar surface area (TPSA) is 77.7 Å². The second-order valence-electron chi connectivity index (χ2n) is 5.84. The molecule has 1 saturated heterocycles. The third-order valence-corrected chi connectivity index (χ3v) is 5.66. The molecule has 0 spiro atoms. The lowest BCUT2D eigenvalue weighted by Crippen LogP contribution is -2.32. The normalized spacial score (nSPS) is 17.1. The lowest BCUT2D eigenvalue weighted by molar-refractivity contribution is 0.200. The van der Waals surface area contributed by atoms with Crippen molar-refractivity contribution in [1.29, 1.82) is 0 Å². The van der Waals surface area contributed by atoms with Gasteiger partial charge in [0.05, 0.1) is 21.8 Å². The molecule has 23 heavy (non-hydrogen) atoms. The maximum absolute atomic E-state index is 11.1. The summed E-state index contributed by atoms with van der Waals surface area (Å²) < 4.78 is 1.20. The summed E-state index contributed by atoms with van der Waals surface area (Å²) in [5, 5.41) is 8.31. The molecule has 1 aromatic carbocycles. The van der Waals surface area contributed by atoms with Gasteiger partial charge in [-0.1, -0.05) is 11.6 Å². The summed E-state index contributed by atoms with van der Waals surface area (Å²) in [6.45, 7) is 2.65. The van der Waals surface area contributed by atoms with E-state index in [-0.39, 0.29) is 5.69 Å². The van der Waals surface area contributed by atoms with Crippen LogP contribution in [-0.4, -0.2) is 38.2 Å². The van der Waals surface area contributed by atoms with Gasteiger partial charge in [-0.25, -0.2) is 14.9 Å². The molecule has 0 amide bonds. The Bertz CT molecular complexity index is 877. The summed E-state index contributed by atoms with van der Waals surface area (Å²) in [6.07, 6.45) is 2.14. The van der Waals surface area contributed by atoms with Crippen molar-refractivity contribution in [2.24, 2.45) is 0 Å². The summed E-state index contributed by atoms with van der Waals surface area (Å²) in [7, 11) is 0. The molecule has 2 N–H and O–H groups in total. The van der Waals surface area contributed by atoms with Gasteiger partial charge in [0.25, 0.3) is 0 Å². The van der Waals surface area contributed by atoms with Gasteiger partial charge in [-0.05, 0) is 44.1 Å². The predicted molar refractivity (Wildman–Crippen MR) is 91.1 cm³/mol. The number of hydrogen-bond donors (Lipinski definition) is 2. The summed E-state index contributed by atoms with van der Waals surface area (Å²) in [5.41, 5.74) is 0.747. The highest BCUT2D eigenvalue weighted by Crippen LogP contribution is 2.34. The van der Waals surface area contributed by atoms with Crippen LogP contribution in [0.4, 0.5) is 0 Å². The molecule has 0 unspecified atom stereocenters. The van der Waals surface area contributed by atoms with Crippen molar-refractivity contribution in [3.05, 3.63) is 44.5 Å². The average Bonchev–Trinajstić information content (AvgIpc) is 3.14. The van der Waals surface area contributed by atoms with Crippen LogP contribution in [0.2, 0.25) is 5.02 Å². The molecule has 0 aliphatic carbocycles. The van der Waals surface area contributed by atoms with Gasteiger partial charge in [0.2, 0.25) is 0 Å².